The van der Waals surface area contributed by atoms with Gasteiger partial charge in [0, 0.05) is 6.04 Å². The van der Waals surface area contributed by atoms with Crippen LogP contribution in [0.2, 0.25) is 0 Å². The fourth-order valence-electron chi connectivity index (χ4n) is 2.80. The van der Waals surface area contributed by atoms with E-state index >= 15 is 0 Å². The van der Waals surface area contributed by atoms with Crippen LogP contribution in [0.4, 0.5) is 0 Å². The van der Waals surface area contributed by atoms with Crippen LogP contribution >= 0.6 is 0 Å². The van der Waals surface area contributed by atoms with Gasteiger partial charge >= 0.3 is 0 Å². The Morgan fingerprint density at radius 3 is 2.71 bits per heavy atom. The van der Waals surface area contributed by atoms with Gasteiger partial charge in [0.2, 0.25) is 0 Å². The lowest BCUT2D eigenvalue weighted by Crippen LogP contribution is -2.61. The van der Waals surface area contributed by atoms with E-state index in [0.717, 1.165) is 19.4 Å². The average molecular weight is 201 g/mol. The molecule has 2 rings (SSSR count). The molecule has 0 aromatic carbocycles. The predicted octanol–water partition coefficient (Wildman–Crippen LogP) is -0.673. The Hall–Kier alpha value is -0.160. The third kappa shape index (κ3) is 1.67. The van der Waals surface area contributed by atoms with Gasteiger partial charge in [0.05, 0.1) is 24.9 Å². The largest absolute Gasteiger partial charge is 0.395 e. The van der Waals surface area contributed by atoms with Crippen molar-refractivity contribution in [3.8, 4) is 0 Å². The van der Waals surface area contributed by atoms with Gasteiger partial charge in [-0.25, -0.2) is 0 Å². The number of aliphatic hydroxyl groups is 3. The number of rotatable bonds is 1. The van der Waals surface area contributed by atoms with Crippen molar-refractivity contribution in [2.75, 3.05) is 13.2 Å². The van der Waals surface area contributed by atoms with Crippen LogP contribution in [0.15, 0.2) is 0 Å². The second-order valence-electron chi connectivity index (χ2n) is 4.43. The molecule has 0 bridgehead atoms. The summed E-state index contributed by atoms with van der Waals surface area (Å²) >= 11 is 0. The van der Waals surface area contributed by atoms with E-state index in [-0.39, 0.29) is 12.6 Å². The molecule has 14 heavy (non-hydrogen) atoms. The minimum absolute atomic E-state index is 0.0608. The number of hydrogen-bond donors (Lipinski definition) is 3. The van der Waals surface area contributed by atoms with Crippen molar-refractivity contribution in [3.05, 3.63) is 0 Å². The van der Waals surface area contributed by atoms with Crippen molar-refractivity contribution in [3.63, 3.8) is 0 Å². The molecule has 4 heteroatoms. The SMILES string of the molecule is OC[C@H]1[C@H](O)[C@@H](O)C[C@H]2CCCCN21. The fourth-order valence-corrected chi connectivity index (χ4v) is 2.80. The van der Waals surface area contributed by atoms with Crippen molar-refractivity contribution in [2.45, 2.75) is 50.0 Å². The highest BCUT2D eigenvalue weighted by Crippen LogP contribution is 2.30. The lowest BCUT2D eigenvalue weighted by molar-refractivity contribution is -0.120. The number of hydrogen-bond acceptors (Lipinski definition) is 4. The van der Waals surface area contributed by atoms with Gasteiger partial charge in [0.1, 0.15) is 0 Å². The third-order valence-electron chi connectivity index (χ3n) is 3.59. The first kappa shape index (κ1) is 10.4. The molecule has 4 atom stereocenters. The smallest absolute Gasteiger partial charge is 0.0976 e. The monoisotopic (exact) mass is 201 g/mol. The summed E-state index contributed by atoms with van der Waals surface area (Å²) in [7, 11) is 0. The highest BCUT2D eigenvalue weighted by Gasteiger charge is 2.41. The topological polar surface area (TPSA) is 63.9 Å². The number of piperidine rings is 2. The maximum Gasteiger partial charge on any atom is 0.0976 e. The maximum atomic E-state index is 9.72. The maximum absolute atomic E-state index is 9.72. The normalized spacial score (nSPS) is 44.8. The van der Waals surface area contributed by atoms with E-state index in [9.17, 15) is 15.3 Å². The van der Waals surface area contributed by atoms with E-state index < -0.39 is 12.2 Å². The van der Waals surface area contributed by atoms with E-state index in [1.165, 1.54) is 6.42 Å². The van der Waals surface area contributed by atoms with Gasteiger partial charge in [-0.2, -0.15) is 0 Å². The van der Waals surface area contributed by atoms with Crippen LogP contribution in [-0.2, 0) is 0 Å². The lowest BCUT2D eigenvalue weighted by atomic mass is 9.85. The summed E-state index contributed by atoms with van der Waals surface area (Å²) < 4.78 is 0. The average Bonchev–Trinajstić information content (AvgIpc) is 2.20. The summed E-state index contributed by atoms with van der Waals surface area (Å²) in [6.45, 7) is 0.883. The lowest BCUT2D eigenvalue weighted by Gasteiger charge is -2.48. The molecule has 2 saturated heterocycles. The summed E-state index contributed by atoms with van der Waals surface area (Å²) in [6.07, 6.45) is 2.62. The Morgan fingerprint density at radius 2 is 2.00 bits per heavy atom. The number of fused-ring (bicyclic) bond motifs is 1. The zero-order valence-electron chi connectivity index (χ0n) is 8.34. The second kappa shape index (κ2) is 4.14. The number of nitrogens with zero attached hydrogens (tertiary/aromatic N) is 1. The van der Waals surface area contributed by atoms with Crippen LogP contribution in [0.5, 0.6) is 0 Å². The van der Waals surface area contributed by atoms with Gasteiger partial charge in [0.15, 0.2) is 0 Å². The zero-order chi connectivity index (χ0) is 10.1. The minimum Gasteiger partial charge on any atom is -0.395 e. The van der Waals surface area contributed by atoms with Crippen LogP contribution in [0.1, 0.15) is 25.7 Å². The van der Waals surface area contributed by atoms with Gasteiger partial charge < -0.3 is 15.3 Å². The Bertz CT molecular complexity index is 200. The van der Waals surface area contributed by atoms with Crippen LogP contribution in [0, 0.1) is 0 Å². The van der Waals surface area contributed by atoms with Gasteiger partial charge in [0.25, 0.3) is 0 Å². The number of aliphatic hydroxyl groups excluding tert-OH is 3. The van der Waals surface area contributed by atoms with Crippen LogP contribution in [0.25, 0.3) is 0 Å². The summed E-state index contributed by atoms with van der Waals surface area (Å²) in [5.41, 5.74) is 0. The van der Waals surface area contributed by atoms with E-state index in [1.54, 1.807) is 0 Å². The summed E-state index contributed by atoms with van der Waals surface area (Å²) in [6, 6.07) is 0.100. The molecule has 2 heterocycles. The van der Waals surface area contributed by atoms with Crippen molar-refractivity contribution >= 4 is 0 Å². The Morgan fingerprint density at radius 1 is 1.21 bits per heavy atom. The first-order valence-corrected chi connectivity index (χ1v) is 5.46. The molecule has 2 fully saturated rings. The van der Waals surface area contributed by atoms with E-state index in [4.69, 9.17) is 0 Å². The molecule has 0 aromatic heterocycles. The first-order valence-electron chi connectivity index (χ1n) is 5.46. The van der Waals surface area contributed by atoms with Crippen LogP contribution < -0.4 is 0 Å². The van der Waals surface area contributed by atoms with Gasteiger partial charge in [-0.15, -0.1) is 0 Å². The third-order valence-corrected chi connectivity index (χ3v) is 3.59. The summed E-state index contributed by atoms with van der Waals surface area (Å²) in [5, 5.41) is 28.6. The molecule has 0 amide bonds. The van der Waals surface area contributed by atoms with Crippen molar-refractivity contribution in [2.24, 2.45) is 0 Å². The molecule has 4 nitrogen and oxygen atoms in total. The van der Waals surface area contributed by atoms with Gasteiger partial charge in [-0.1, -0.05) is 6.42 Å². The predicted molar refractivity (Wildman–Crippen MR) is 51.8 cm³/mol. The van der Waals surface area contributed by atoms with Crippen molar-refractivity contribution < 1.29 is 15.3 Å². The Balaban J connectivity index is 2.10. The molecule has 0 spiro atoms. The van der Waals surface area contributed by atoms with Gasteiger partial charge in [-0.05, 0) is 25.8 Å². The standard InChI is InChI=1S/C10H19NO3/c12-6-8-10(14)9(13)5-7-3-1-2-4-11(7)8/h7-10,12-14H,1-6H2/t7-,8+,9+,10+/m1/s1. The molecule has 0 saturated carbocycles. The Kier molecular flexibility index (Phi) is 3.07. The molecule has 2 aliphatic rings. The Labute approximate surface area is 84.2 Å². The van der Waals surface area contributed by atoms with Crippen molar-refractivity contribution in [1.29, 1.82) is 0 Å². The molecule has 82 valence electrons. The van der Waals surface area contributed by atoms with Crippen LogP contribution in [0.3, 0.4) is 0 Å². The van der Waals surface area contributed by atoms with Gasteiger partial charge in [-0.3, -0.25) is 4.90 Å². The molecule has 2 aliphatic heterocycles. The quantitative estimate of drug-likeness (QED) is 0.526. The molecule has 0 aromatic rings. The van der Waals surface area contributed by atoms with Crippen molar-refractivity contribution in [1.82, 2.24) is 4.90 Å². The molecule has 0 unspecified atom stereocenters. The highest BCUT2D eigenvalue weighted by molar-refractivity contribution is 4.96. The van der Waals surface area contributed by atoms with E-state index in [2.05, 4.69) is 4.90 Å². The minimum atomic E-state index is -0.783. The molecular formula is C10H19NO3. The molecular weight excluding hydrogens is 182 g/mol. The molecule has 0 radical (unpaired) electrons. The zero-order valence-corrected chi connectivity index (χ0v) is 8.34. The van der Waals surface area contributed by atoms with E-state index in [1.807, 2.05) is 0 Å². The van der Waals surface area contributed by atoms with E-state index in [0.29, 0.717) is 12.5 Å². The molecule has 0 aliphatic carbocycles. The second-order valence-corrected chi connectivity index (χ2v) is 4.43. The van der Waals surface area contributed by atoms with Crippen LogP contribution in [-0.4, -0.2) is 57.7 Å². The molecule has 3 N–H and O–H groups in total. The first-order chi connectivity index (χ1) is 6.74. The highest BCUT2D eigenvalue weighted by atomic mass is 16.3. The fraction of sp³-hybridized carbons (Fsp3) is 1.00. The summed E-state index contributed by atoms with van der Waals surface area (Å²) in [5.74, 6) is 0. The summed E-state index contributed by atoms with van der Waals surface area (Å²) in [4.78, 5) is 2.17.